The minimum atomic E-state index is -0.452. The summed E-state index contributed by atoms with van der Waals surface area (Å²) in [5.74, 6) is 0.120. The van der Waals surface area contributed by atoms with Gasteiger partial charge in [-0.15, -0.1) is 0 Å². The first kappa shape index (κ1) is 20.9. The van der Waals surface area contributed by atoms with Gasteiger partial charge in [-0.25, -0.2) is 4.99 Å². The molecule has 3 N–H and O–H groups in total. The highest BCUT2D eigenvalue weighted by atomic mass is 16.1. The lowest BCUT2D eigenvalue weighted by Gasteiger charge is -2.20. The van der Waals surface area contributed by atoms with Crippen LogP contribution in [0.5, 0.6) is 0 Å². The number of hydrogen-bond acceptors (Lipinski definition) is 4. The fourth-order valence-electron chi connectivity index (χ4n) is 2.69. The molecule has 0 fully saturated rings. The smallest absolute Gasteiger partial charge is 0.236 e. The van der Waals surface area contributed by atoms with Gasteiger partial charge in [0, 0.05) is 19.2 Å². The molecule has 2 rings (SSSR count). The number of amides is 1. The molecule has 1 aromatic carbocycles. The van der Waals surface area contributed by atoms with Gasteiger partial charge in [0.05, 0.1) is 18.4 Å². The van der Waals surface area contributed by atoms with E-state index in [1.54, 1.807) is 11.9 Å². The van der Waals surface area contributed by atoms with Crippen LogP contribution in [0.1, 0.15) is 12.0 Å². The second-order valence-electron chi connectivity index (χ2n) is 6.32. The maximum absolute atomic E-state index is 11.4. The van der Waals surface area contributed by atoms with Crippen molar-refractivity contribution in [2.75, 3.05) is 20.1 Å². The third kappa shape index (κ3) is 7.07. The minimum absolute atomic E-state index is 0.0309. The van der Waals surface area contributed by atoms with Crippen molar-refractivity contribution < 1.29 is 9.59 Å². The standard InChI is InChI=1S/C22H26N4O2/c1-26(16-21(23)28)22(19-11-7-2-3-8-12-19)25-15-20(17-27)24-14-13-18-9-5-4-6-10-18/h2-7,9-12,15,17,24H,8,13-14,16H2,1H3,(H2,23,28)/b20-15+,25-22?. The molecule has 1 amide bonds. The normalized spacial score (nSPS) is 14.2. The fraction of sp³-hybridized carbons (Fsp3) is 0.227. The summed E-state index contributed by atoms with van der Waals surface area (Å²) in [5, 5.41) is 3.09. The lowest BCUT2D eigenvalue weighted by atomic mass is 10.1. The summed E-state index contributed by atoms with van der Waals surface area (Å²) in [7, 11) is 1.74. The zero-order valence-electron chi connectivity index (χ0n) is 16.0. The number of primary amides is 1. The van der Waals surface area contributed by atoms with E-state index >= 15 is 0 Å². The number of carbonyl (C=O) groups is 2. The molecule has 1 aliphatic rings. The van der Waals surface area contributed by atoms with Crippen LogP contribution in [0.25, 0.3) is 0 Å². The van der Waals surface area contributed by atoms with Crippen molar-refractivity contribution in [1.82, 2.24) is 10.2 Å². The van der Waals surface area contributed by atoms with Crippen LogP contribution >= 0.6 is 0 Å². The first-order valence-electron chi connectivity index (χ1n) is 9.14. The Morgan fingerprint density at radius 2 is 2.07 bits per heavy atom. The average molecular weight is 378 g/mol. The molecule has 0 atom stereocenters. The van der Waals surface area contributed by atoms with Crippen LogP contribution in [-0.2, 0) is 16.0 Å². The molecule has 1 aromatic rings. The number of hydrogen-bond donors (Lipinski definition) is 2. The van der Waals surface area contributed by atoms with E-state index in [0.29, 0.717) is 18.1 Å². The fourth-order valence-corrected chi connectivity index (χ4v) is 2.69. The Morgan fingerprint density at radius 3 is 2.79 bits per heavy atom. The number of aliphatic imine (C=N–C) groups is 1. The molecule has 0 spiro atoms. The summed E-state index contributed by atoms with van der Waals surface area (Å²) in [6, 6.07) is 10.0. The molecule has 0 saturated carbocycles. The van der Waals surface area contributed by atoms with Crippen LogP contribution in [0, 0.1) is 0 Å². The van der Waals surface area contributed by atoms with Crippen LogP contribution < -0.4 is 11.1 Å². The zero-order chi connectivity index (χ0) is 20.2. The van der Waals surface area contributed by atoms with Crippen molar-refractivity contribution >= 4 is 18.0 Å². The van der Waals surface area contributed by atoms with Crippen molar-refractivity contribution in [1.29, 1.82) is 0 Å². The Balaban J connectivity index is 2.13. The van der Waals surface area contributed by atoms with Crippen molar-refractivity contribution in [3.63, 3.8) is 0 Å². The summed E-state index contributed by atoms with van der Waals surface area (Å²) in [6.07, 6.45) is 13.6. The molecule has 0 aromatic heterocycles. The van der Waals surface area contributed by atoms with Gasteiger partial charge >= 0.3 is 0 Å². The number of nitrogens with two attached hydrogens (primary N) is 1. The Morgan fingerprint density at radius 1 is 1.29 bits per heavy atom. The van der Waals surface area contributed by atoms with E-state index in [1.807, 2.05) is 60.7 Å². The molecule has 0 heterocycles. The van der Waals surface area contributed by atoms with Crippen LogP contribution in [0.4, 0.5) is 0 Å². The number of aldehydes is 1. The summed E-state index contributed by atoms with van der Waals surface area (Å²) in [5.41, 5.74) is 7.75. The monoisotopic (exact) mass is 378 g/mol. The second kappa shape index (κ2) is 11.3. The second-order valence-corrected chi connectivity index (χ2v) is 6.32. The molecule has 0 radical (unpaired) electrons. The van der Waals surface area contributed by atoms with Gasteiger partial charge in [-0.2, -0.15) is 0 Å². The quantitative estimate of drug-likeness (QED) is 0.298. The minimum Gasteiger partial charge on any atom is -0.381 e. The topological polar surface area (TPSA) is 87.8 Å². The molecule has 0 aliphatic heterocycles. The highest BCUT2D eigenvalue weighted by molar-refractivity contribution is 6.02. The number of rotatable bonds is 9. The Labute approximate surface area is 165 Å². The van der Waals surface area contributed by atoms with E-state index in [-0.39, 0.29) is 6.54 Å². The van der Waals surface area contributed by atoms with Crippen LogP contribution in [0.2, 0.25) is 0 Å². The SMILES string of the molecule is CN(CC(N)=O)C(=N/C=C(\C=O)NCCc1ccccc1)C1=CCC=CC=C1. The first-order chi connectivity index (χ1) is 13.6. The van der Waals surface area contributed by atoms with E-state index in [9.17, 15) is 9.59 Å². The van der Waals surface area contributed by atoms with Crippen LogP contribution in [0.15, 0.2) is 83.2 Å². The third-order valence-corrected chi connectivity index (χ3v) is 4.05. The van der Waals surface area contributed by atoms with Crippen LogP contribution in [0.3, 0.4) is 0 Å². The maximum atomic E-state index is 11.4. The van der Waals surface area contributed by atoms with E-state index in [4.69, 9.17) is 5.73 Å². The van der Waals surface area contributed by atoms with E-state index in [0.717, 1.165) is 24.7 Å². The summed E-state index contributed by atoms with van der Waals surface area (Å²) in [6.45, 7) is 0.645. The lowest BCUT2D eigenvalue weighted by Crippen LogP contribution is -2.36. The van der Waals surface area contributed by atoms with Gasteiger partial charge in [0.2, 0.25) is 5.91 Å². The highest BCUT2D eigenvalue weighted by Gasteiger charge is 2.12. The summed E-state index contributed by atoms with van der Waals surface area (Å²) in [4.78, 5) is 28.9. The Hall–Kier alpha value is -3.41. The van der Waals surface area contributed by atoms with Gasteiger partial charge < -0.3 is 16.0 Å². The van der Waals surface area contributed by atoms with Gasteiger partial charge in [0.25, 0.3) is 0 Å². The van der Waals surface area contributed by atoms with Gasteiger partial charge in [0.1, 0.15) is 5.84 Å². The molecule has 6 heteroatoms. The number of nitrogens with one attached hydrogen (secondary N) is 1. The Bertz CT molecular complexity index is 820. The van der Waals surface area contributed by atoms with Gasteiger partial charge in [-0.05, 0) is 18.4 Å². The molecular formula is C22H26N4O2. The van der Waals surface area contributed by atoms with Gasteiger partial charge in [0.15, 0.2) is 6.29 Å². The highest BCUT2D eigenvalue weighted by Crippen LogP contribution is 2.11. The molecule has 0 bridgehead atoms. The zero-order valence-corrected chi connectivity index (χ0v) is 16.0. The number of amidine groups is 1. The molecule has 0 unspecified atom stereocenters. The lowest BCUT2D eigenvalue weighted by molar-refractivity contribution is -0.118. The van der Waals surface area contributed by atoms with Gasteiger partial charge in [-0.1, -0.05) is 60.7 Å². The largest absolute Gasteiger partial charge is 0.381 e. The summed E-state index contributed by atoms with van der Waals surface area (Å²) < 4.78 is 0. The van der Waals surface area contributed by atoms with Crippen molar-refractivity contribution in [3.05, 3.63) is 83.7 Å². The summed E-state index contributed by atoms with van der Waals surface area (Å²) >= 11 is 0. The number of carbonyl (C=O) groups excluding carboxylic acids is 2. The molecule has 0 saturated heterocycles. The molecule has 146 valence electrons. The third-order valence-electron chi connectivity index (χ3n) is 4.05. The van der Waals surface area contributed by atoms with E-state index in [1.165, 1.54) is 11.8 Å². The number of nitrogens with zero attached hydrogens (tertiary/aromatic N) is 2. The predicted molar refractivity (Wildman–Crippen MR) is 113 cm³/mol. The first-order valence-corrected chi connectivity index (χ1v) is 9.14. The molecular weight excluding hydrogens is 352 g/mol. The molecule has 28 heavy (non-hydrogen) atoms. The van der Waals surface area contributed by atoms with E-state index in [2.05, 4.69) is 10.3 Å². The predicted octanol–water partition coefficient (Wildman–Crippen LogP) is 2.12. The van der Waals surface area contributed by atoms with Crippen molar-refractivity contribution in [3.8, 4) is 0 Å². The van der Waals surface area contributed by atoms with Crippen molar-refractivity contribution in [2.24, 2.45) is 10.7 Å². The Kier molecular flexibility index (Phi) is 8.46. The molecule has 6 nitrogen and oxygen atoms in total. The number of benzene rings is 1. The van der Waals surface area contributed by atoms with Crippen LogP contribution in [-0.4, -0.2) is 43.1 Å². The molecule has 1 aliphatic carbocycles. The number of allylic oxidation sites excluding steroid dienone is 5. The van der Waals surface area contributed by atoms with E-state index < -0.39 is 5.91 Å². The maximum Gasteiger partial charge on any atom is 0.236 e. The number of likely N-dealkylation sites (N-methyl/N-ethyl adjacent to an activating group) is 1. The average Bonchev–Trinajstić information content (AvgIpc) is 2.96. The van der Waals surface area contributed by atoms with Crippen molar-refractivity contribution in [2.45, 2.75) is 12.8 Å². The van der Waals surface area contributed by atoms with Gasteiger partial charge in [-0.3, -0.25) is 9.59 Å².